The molecule has 3 heteroatoms. The predicted molar refractivity (Wildman–Crippen MR) is 22.5 cm³/mol. The van der Waals surface area contributed by atoms with Crippen molar-refractivity contribution < 1.29 is 13.5 Å². The minimum absolute atomic E-state index is 0.156. The molecule has 0 N–H and O–H groups in total. The number of ether oxygens (including phenoxy) is 1. The van der Waals surface area contributed by atoms with Gasteiger partial charge in [0.2, 0.25) is 6.36 Å². The van der Waals surface area contributed by atoms with Crippen molar-refractivity contribution >= 4 is 0 Å². The summed E-state index contributed by atoms with van der Waals surface area (Å²) in [7, 11) is 1.21. The molecule has 0 rings (SSSR count). The summed E-state index contributed by atoms with van der Waals surface area (Å²) in [6.07, 6.45) is -1.58. The quantitative estimate of drug-likeness (QED) is 0.531. The molecule has 0 spiro atoms. The molecule has 0 bridgehead atoms. The third kappa shape index (κ3) is 3.66. The lowest BCUT2D eigenvalue weighted by Crippen LogP contribution is -2.02. The molecule has 0 aliphatic rings. The average molecular weight is 110 g/mol. The zero-order valence-corrected chi connectivity index (χ0v) is 4.16. The van der Waals surface area contributed by atoms with Gasteiger partial charge >= 0.3 is 0 Å². The van der Waals surface area contributed by atoms with Gasteiger partial charge in [0.25, 0.3) is 0 Å². The van der Waals surface area contributed by atoms with Crippen LogP contribution in [0.25, 0.3) is 0 Å². The minimum Gasteiger partial charge on any atom is -0.351 e. The highest BCUT2D eigenvalue weighted by Gasteiger charge is 1.99. The Morgan fingerprint density at radius 1 is 1.71 bits per heavy atom. The Kier molecular flexibility index (Phi) is 3.89. The van der Waals surface area contributed by atoms with Crippen molar-refractivity contribution in [2.45, 2.75) is 12.8 Å². The monoisotopic (exact) mass is 110 g/mol. The Balaban J connectivity index is 2.83. The van der Waals surface area contributed by atoms with Crippen molar-refractivity contribution in [3.8, 4) is 0 Å². The summed E-state index contributed by atoms with van der Waals surface area (Å²) in [5.41, 5.74) is 0. The molecule has 1 unspecified atom stereocenters. The third-order valence-electron chi connectivity index (χ3n) is 0.592. The van der Waals surface area contributed by atoms with Crippen molar-refractivity contribution in [1.29, 1.82) is 0 Å². The van der Waals surface area contributed by atoms with Gasteiger partial charge in [-0.15, -0.1) is 0 Å². The van der Waals surface area contributed by atoms with Crippen LogP contribution in [-0.2, 0) is 4.74 Å². The van der Waals surface area contributed by atoms with Crippen molar-refractivity contribution in [1.82, 2.24) is 0 Å². The molecule has 0 heterocycles. The van der Waals surface area contributed by atoms with Crippen LogP contribution in [0.4, 0.5) is 8.78 Å². The molecule has 0 aromatic carbocycles. The summed E-state index contributed by atoms with van der Waals surface area (Å²) < 4.78 is 26.9. The Labute approximate surface area is 41.3 Å². The summed E-state index contributed by atoms with van der Waals surface area (Å²) in [6, 6.07) is 0. The van der Waals surface area contributed by atoms with E-state index in [0.717, 1.165) is 0 Å². The van der Waals surface area contributed by atoms with Crippen LogP contribution in [0.5, 0.6) is 0 Å². The molecular formula is C4H8F2O. The Morgan fingerprint density at radius 3 is 2.43 bits per heavy atom. The highest BCUT2D eigenvalue weighted by Crippen LogP contribution is 1.96. The van der Waals surface area contributed by atoms with Gasteiger partial charge in [0.15, 0.2) is 0 Å². The molecular weight excluding hydrogens is 102 g/mol. The maximum atomic E-state index is 11.7. The molecule has 0 aliphatic heterocycles. The van der Waals surface area contributed by atoms with E-state index in [2.05, 4.69) is 4.74 Å². The van der Waals surface area contributed by atoms with Crippen molar-refractivity contribution in [2.24, 2.45) is 0 Å². The van der Waals surface area contributed by atoms with Gasteiger partial charge in [-0.25, -0.2) is 4.39 Å². The maximum absolute atomic E-state index is 11.7. The van der Waals surface area contributed by atoms with Crippen LogP contribution in [0.15, 0.2) is 0 Å². The van der Waals surface area contributed by atoms with E-state index in [9.17, 15) is 8.78 Å². The van der Waals surface area contributed by atoms with Crippen LogP contribution < -0.4 is 0 Å². The van der Waals surface area contributed by atoms with Crippen molar-refractivity contribution in [2.75, 3.05) is 13.8 Å². The van der Waals surface area contributed by atoms with Crippen molar-refractivity contribution in [3.05, 3.63) is 0 Å². The first-order chi connectivity index (χ1) is 3.31. The number of hydrogen-bond donors (Lipinski definition) is 0. The van der Waals surface area contributed by atoms with Gasteiger partial charge < -0.3 is 4.74 Å². The van der Waals surface area contributed by atoms with E-state index in [-0.39, 0.29) is 6.42 Å². The number of methoxy groups -OCH3 is 1. The van der Waals surface area contributed by atoms with Gasteiger partial charge in [0, 0.05) is 13.5 Å². The Bertz CT molecular complexity index is 40.7. The summed E-state index contributed by atoms with van der Waals surface area (Å²) in [6.45, 7) is -0.658. The molecule has 44 valence electrons. The fourth-order valence-corrected chi connectivity index (χ4v) is 0.204. The zero-order valence-electron chi connectivity index (χ0n) is 4.16. The molecule has 1 nitrogen and oxygen atoms in total. The third-order valence-corrected chi connectivity index (χ3v) is 0.592. The van der Waals surface area contributed by atoms with Crippen LogP contribution in [-0.4, -0.2) is 20.1 Å². The number of rotatable bonds is 3. The maximum Gasteiger partial charge on any atom is 0.201 e. The number of halogens is 2. The van der Waals surface area contributed by atoms with Crippen LogP contribution in [0, 0.1) is 0 Å². The van der Waals surface area contributed by atoms with Crippen LogP contribution in [0.2, 0.25) is 0 Å². The van der Waals surface area contributed by atoms with Gasteiger partial charge in [-0.05, 0) is 0 Å². The van der Waals surface area contributed by atoms with Gasteiger partial charge in [-0.1, -0.05) is 0 Å². The molecule has 7 heavy (non-hydrogen) atoms. The van der Waals surface area contributed by atoms with Gasteiger partial charge in [-0.3, -0.25) is 4.39 Å². The van der Waals surface area contributed by atoms with E-state index in [0.29, 0.717) is 0 Å². The lowest BCUT2D eigenvalue weighted by molar-refractivity contribution is -0.0144. The van der Waals surface area contributed by atoms with Crippen molar-refractivity contribution in [3.63, 3.8) is 0 Å². The molecule has 0 radical (unpaired) electrons. The molecule has 0 amide bonds. The second kappa shape index (κ2) is 3.99. The zero-order chi connectivity index (χ0) is 5.70. The fraction of sp³-hybridized carbons (Fsp3) is 1.00. The fourth-order valence-electron chi connectivity index (χ4n) is 0.204. The van der Waals surface area contributed by atoms with E-state index in [1.807, 2.05) is 0 Å². The van der Waals surface area contributed by atoms with Gasteiger partial charge in [-0.2, -0.15) is 0 Å². The largest absolute Gasteiger partial charge is 0.351 e. The summed E-state index contributed by atoms with van der Waals surface area (Å²) in [4.78, 5) is 0. The highest BCUT2D eigenvalue weighted by molar-refractivity contribution is 4.35. The molecule has 0 aromatic heterocycles. The second-order valence-corrected chi connectivity index (χ2v) is 1.12. The van der Waals surface area contributed by atoms with Crippen LogP contribution >= 0.6 is 0 Å². The predicted octanol–water partition coefficient (Wildman–Crippen LogP) is 1.29. The topological polar surface area (TPSA) is 9.23 Å². The minimum atomic E-state index is -1.43. The first-order valence-corrected chi connectivity index (χ1v) is 2.04. The normalized spacial score (nSPS) is 14.1. The van der Waals surface area contributed by atoms with E-state index in [1.54, 1.807) is 0 Å². The first-order valence-electron chi connectivity index (χ1n) is 2.04. The highest BCUT2D eigenvalue weighted by atomic mass is 19.2. The average Bonchev–Trinajstić information content (AvgIpc) is 1.68. The summed E-state index contributed by atoms with van der Waals surface area (Å²) in [5, 5.41) is 0. The van der Waals surface area contributed by atoms with Gasteiger partial charge in [0.1, 0.15) is 0 Å². The second-order valence-electron chi connectivity index (χ2n) is 1.12. The van der Waals surface area contributed by atoms with E-state index in [1.165, 1.54) is 7.11 Å². The number of hydrogen-bond acceptors (Lipinski definition) is 1. The standard InChI is InChI=1S/C4H8F2O/c1-7-4(6)2-3-5/h4H,2-3H2,1H3. The van der Waals surface area contributed by atoms with E-state index < -0.39 is 13.0 Å². The molecule has 0 fully saturated rings. The van der Waals surface area contributed by atoms with Gasteiger partial charge in [0.05, 0.1) is 6.67 Å². The lowest BCUT2D eigenvalue weighted by Gasteiger charge is -1.98. The molecule has 0 aliphatic carbocycles. The molecule has 0 saturated heterocycles. The summed E-state index contributed by atoms with van der Waals surface area (Å²) in [5.74, 6) is 0. The van der Waals surface area contributed by atoms with Crippen LogP contribution in [0.3, 0.4) is 0 Å². The molecule has 0 saturated carbocycles. The Morgan fingerprint density at radius 2 is 2.29 bits per heavy atom. The lowest BCUT2D eigenvalue weighted by atomic mass is 10.5. The van der Waals surface area contributed by atoms with Crippen LogP contribution in [0.1, 0.15) is 6.42 Å². The Hall–Kier alpha value is -0.180. The summed E-state index contributed by atoms with van der Waals surface area (Å²) >= 11 is 0. The van der Waals surface area contributed by atoms with E-state index >= 15 is 0 Å². The number of alkyl halides is 2. The molecule has 1 atom stereocenters. The molecule has 0 aromatic rings. The van der Waals surface area contributed by atoms with E-state index in [4.69, 9.17) is 0 Å². The smallest absolute Gasteiger partial charge is 0.201 e. The first kappa shape index (κ1) is 6.82. The SMILES string of the molecule is COC(F)CCF.